The standard InChI is InChI=1S/C28H29FN4O2/c29-20-6-9-24-23(14-20)22(11-12-31-24)18-3-1-17(2-4-18)15-35-16-27-32-25-13-19(28(30)34)5-10-26(25)33(27)21-7-8-21/h5-6,9-14,17-18,21H,1-4,7-8,15-16H2,(H2,30,34). The van der Waals surface area contributed by atoms with Crippen LogP contribution in [0.3, 0.4) is 0 Å². The molecule has 6 rings (SSSR count). The summed E-state index contributed by atoms with van der Waals surface area (Å²) in [7, 11) is 0. The first-order chi connectivity index (χ1) is 17.1. The largest absolute Gasteiger partial charge is 0.373 e. The van der Waals surface area contributed by atoms with Crippen molar-refractivity contribution in [3.63, 3.8) is 0 Å². The number of aromatic nitrogens is 3. The molecule has 4 aromatic rings. The summed E-state index contributed by atoms with van der Waals surface area (Å²) >= 11 is 0. The van der Waals surface area contributed by atoms with Gasteiger partial charge in [0.2, 0.25) is 5.91 Å². The van der Waals surface area contributed by atoms with Crippen molar-refractivity contribution in [2.75, 3.05) is 6.61 Å². The van der Waals surface area contributed by atoms with Crippen molar-refractivity contribution < 1.29 is 13.9 Å². The predicted molar refractivity (Wildman–Crippen MR) is 133 cm³/mol. The lowest BCUT2D eigenvalue weighted by Gasteiger charge is -2.29. The summed E-state index contributed by atoms with van der Waals surface area (Å²) in [4.78, 5) is 20.7. The average molecular weight is 473 g/mol. The highest BCUT2D eigenvalue weighted by Gasteiger charge is 2.29. The van der Waals surface area contributed by atoms with Gasteiger partial charge in [-0.15, -0.1) is 0 Å². The number of amides is 1. The third kappa shape index (κ3) is 4.41. The van der Waals surface area contributed by atoms with Gasteiger partial charge in [0.25, 0.3) is 0 Å². The van der Waals surface area contributed by atoms with E-state index in [2.05, 4.69) is 15.6 Å². The Morgan fingerprint density at radius 1 is 1.03 bits per heavy atom. The van der Waals surface area contributed by atoms with Gasteiger partial charge in [-0.3, -0.25) is 9.78 Å². The summed E-state index contributed by atoms with van der Waals surface area (Å²) in [5, 5.41) is 0.936. The molecule has 2 N–H and O–H groups in total. The number of carbonyl (C=O) groups excluding carboxylic acids is 1. The first-order valence-electron chi connectivity index (χ1n) is 12.5. The summed E-state index contributed by atoms with van der Waals surface area (Å²) in [6, 6.07) is 12.9. The molecule has 2 aliphatic rings. The lowest BCUT2D eigenvalue weighted by atomic mass is 9.78. The van der Waals surface area contributed by atoms with Crippen LogP contribution in [0.4, 0.5) is 4.39 Å². The Bertz CT molecular complexity index is 1400. The van der Waals surface area contributed by atoms with Gasteiger partial charge in [-0.25, -0.2) is 9.37 Å². The van der Waals surface area contributed by atoms with Crippen molar-refractivity contribution in [3.05, 3.63) is 71.4 Å². The van der Waals surface area contributed by atoms with Gasteiger partial charge in [0.15, 0.2) is 0 Å². The van der Waals surface area contributed by atoms with Gasteiger partial charge in [0.05, 0.1) is 16.6 Å². The molecule has 0 atom stereocenters. The number of halogens is 1. The van der Waals surface area contributed by atoms with Crippen molar-refractivity contribution in [2.45, 2.75) is 57.1 Å². The molecule has 2 saturated carbocycles. The van der Waals surface area contributed by atoms with Crippen LogP contribution in [0.25, 0.3) is 21.9 Å². The van der Waals surface area contributed by atoms with Gasteiger partial charge in [-0.05, 0) is 98.4 Å². The highest BCUT2D eigenvalue weighted by atomic mass is 19.1. The van der Waals surface area contributed by atoms with Crippen LogP contribution in [0.2, 0.25) is 0 Å². The van der Waals surface area contributed by atoms with Crippen molar-refractivity contribution >= 4 is 27.8 Å². The molecule has 7 heteroatoms. The first-order valence-corrected chi connectivity index (χ1v) is 12.5. The number of carbonyl (C=O) groups is 1. The number of imidazole rings is 1. The van der Waals surface area contributed by atoms with Crippen molar-refractivity contribution in [1.82, 2.24) is 14.5 Å². The normalized spacial score (nSPS) is 20.5. The zero-order valence-electron chi connectivity index (χ0n) is 19.6. The zero-order chi connectivity index (χ0) is 23.9. The Balaban J connectivity index is 1.10. The minimum atomic E-state index is -0.439. The zero-order valence-corrected chi connectivity index (χ0v) is 19.6. The van der Waals surface area contributed by atoms with Crippen LogP contribution in [0.1, 0.15) is 72.2 Å². The van der Waals surface area contributed by atoms with Gasteiger partial charge >= 0.3 is 0 Å². The fourth-order valence-electron chi connectivity index (χ4n) is 5.60. The van der Waals surface area contributed by atoms with Gasteiger partial charge < -0.3 is 15.0 Å². The van der Waals surface area contributed by atoms with Crippen LogP contribution in [-0.4, -0.2) is 27.0 Å². The van der Waals surface area contributed by atoms with Crippen molar-refractivity contribution in [1.29, 1.82) is 0 Å². The van der Waals surface area contributed by atoms with Crippen LogP contribution in [0.5, 0.6) is 0 Å². The third-order valence-electron chi connectivity index (χ3n) is 7.57. The van der Waals surface area contributed by atoms with Gasteiger partial charge in [0, 0.05) is 29.8 Å². The molecule has 35 heavy (non-hydrogen) atoms. The summed E-state index contributed by atoms with van der Waals surface area (Å²) in [6.45, 7) is 1.17. The maximum absolute atomic E-state index is 13.9. The fraction of sp³-hybridized carbons (Fsp3) is 0.393. The molecule has 2 heterocycles. The van der Waals surface area contributed by atoms with Crippen molar-refractivity contribution in [2.24, 2.45) is 11.7 Å². The molecule has 2 aromatic heterocycles. The molecular formula is C28H29FN4O2. The van der Waals surface area contributed by atoms with Crippen LogP contribution >= 0.6 is 0 Å². The number of hydrogen-bond acceptors (Lipinski definition) is 4. The van der Waals surface area contributed by atoms with E-state index in [4.69, 9.17) is 15.5 Å². The second-order valence-corrected chi connectivity index (χ2v) is 9.99. The van der Waals surface area contributed by atoms with Crippen LogP contribution < -0.4 is 5.73 Å². The lowest BCUT2D eigenvalue weighted by Crippen LogP contribution is -2.18. The fourth-order valence-corrected chi connectivity index (χ4v) is 5.60. The summed E-state index contributed by atoms with van der Waals surface area (Å²) in [6.07, 6.45) is 8.44. The summed E-state index contributed by atoms with van der Waals surface area (Å²) in [5.41, 5.74) is 9.83. The van der Waals surface area contributed by atoms with Crippen molar-refractivity contribution in [3.8, 4) is 0 Å². The number of benzene rings is 2. The minimum Gasteiger partial charge on any atom is -0.373 e. The molecule has 2 aromatic carbocycles. The van der Waals surface area contributed by atoms with E-state index in [1.54, 1.807) is 24.3 Å². The first kappa shape index (κ1) is 22.2. The second kappa shape index (κ2) is 9.04. The number of primary amides is 1. The van der Waals surface area contributed by atoms with E-state index >= 15 is 0 Å². The molecule has 0 bridgehead atoms. The monoisotopic (exact) mass is 472 g/mol. The summed E-state index contributed by atoms with van der Waals surface area (Å²) < 4.78 is 22.3. The molecule has 0 saturated heterocycles. The smallest absolute Gasteiger partial charge is 0.248 e. The molecule has 1 amide bonds. The van der Waals surface area contributed by atoms with Crippen LogP contribution in [-0.2, 0) is 11.3 Å². The van der Waals surface area contributed by atoms with E-state index in [1.165, 1.54) is 11.6 Å². The van der Waals surface area contributed by atoms with Gasteiger partial charge in [-0.1, -0.05) is 0 Å². The van der Waals surface area contributed by atoms with E-state index in [9.17, 15) is 9.18 Å². The van der Waals surface area contributed by atoms with E-state index in [0.29, 0.717) is 36.7 Å². The number of fused-ring (bicyclic) bond motifs is 2. The van der Waals surface area contributed by atoms with E-state index in [-0.39, 0.29) is 5.82 Å². The Hall–Kier alpha value is -3.32. The molecule has 2 aliphatic carbocycles. The topological polar surface area (TPSA) is 83.0 Å². The summed E-state index contributed by atoms with van der Waals surface area (Å²) in [5.74, 6) is 1.21. The molecule has 0 spiro atoms. The number of hydrogen-bond donors (Lipinski definition) is 1. The number of nitrogens with two attached hydrogens (primary N) is 1. The Morgan fingerprint density at radius 3 is 2.63 bits per heavy atom. The second-order valence-electron chi connectivity index (χ2n) is 9.99. The molecule has 6 nitrogen and oxygen atoms in total. The highest BCUT2D eigenvalue weighted by molar-refractivity contribution is 5.96. The number of pyridine rings is 1. The third-order valence-corrected chi connectivity index (χ3v) is 7.57. The predicted octanol–water partition coefficient (Wildman–Crippen LogP) is 5.65. The quantitative estimate of drug-likeness (QED) is 0.377. The van der Waals surface area contributed by atoms with E-state index < -0.39 is 5.91 Å². The van der Waals surface area contributed by atoms with Gasteiger partial charge in [-0.2, -0.15) is 0 Å². The maximum Gasteiger partial charge on any atom is 0.248 e. The van der Waals surface area contributed by atoms with E-state index in [1.807, 2.05) is 12.3 Å². The SMILES string of the molecule is NC(=O)c1ccc2c(c1)nc(COCC1CCC(c3ccnc4ccc(F)cc34)CC1)n2C1CC1. The Kier molecular flexibility index (Phi) is 5.72. The van der Waals surface area contributed by atoms with Crippen LogP contribution in [0, 0.1) is 11.7 Å². The molecule has 0 unspecified atom stereocenters. The number of ether oxygens (including phenoxy) is 1. The molecule has 0 aliphatic heterocycles. The Labute approximate surface area is 203 Å². The highest BCUT2D eigenvalue weighted by Crippen LogP contribution is 2.40. The van der Waals surface area contributed by atoms with E-state index in [0.717, 1.165) is 66.3 Å². The number of nitrogens with zero attached hydrogens (tertiary/aromatic N) is 3. The average Bonchev–Trinajstić information content (AvgIpc) is 3.64. The molecule has 180 valence electrons. The molecule has 2 fully saturated rings. The molecular weight excluding hydrogens is 443 g/mol. The lowest BCUT2D eigenvalue weighted by molar-refractivity contribution is 0.0663. The van der Waals surface area contributed by atoms with Gasteiger partial charge in [0.1, 0.15) is 18.2 Å². The molecule has 0 radical (unpaired) electrons. The Morgan fingerprint density at radius 2 is 1.86 bits per heavy atom. The van der Waals surface area contributed by atoms with Crippen LogP contribution in [0.15, 0.2) is 48.7 Å². The minimum absolute atomic E-state index is 0.211. The number of rotatable bonds is 7. The maximum atomic E-state index is 13.9.